The Morgan fingerprint density at radius 1 is 1.50 bits per heavy atom. The number of nitrogens with zero attached hydrogens (tertiary/aromatic N) is 1. The van der Waals surface area contributed by atoms with E-state index in [-0.39, 0.29) is 12.3 Å². The van der Waals surface area contributed by atoms with Crippen molar-refractivity contribution in [1.29, 1.82) is 0 Å². The largest absolute Gasteiger partial charge is 0.389 e. The van der Waals surface area contributed by atoms with Crippen LogP contribution in [0, 0.1) is 10.1 Å². The minimum absolute atomic E-state index is 0.0444. The fraction of sp³-hybridized carbons (Fsp3) is 0.400. The lowest BCUT2D eigenvalue weighted by molar-refractivity contribution is -0.384. The third kappa shape index (κ3) is 3.84. The third-order valence-electron chi connectivity index (χ3n) is 1.98. The predicted molar refractivity (Wildman–Crippen MR) is 59.5 cm³/mol. The van der Waals surface area contributed by atoms with Crippen molar-refractivity contribution in [3.8, 4) is 0 Å². The number of hydrogen-bond donors (Lipinski definition) is 2. The van der Waals surface area contributed by atoms with Crippen molar-refractivity contribution in [2.45, 2.75) is 6.10 Å². The number of aliphatic hydroxyl groups is 1. The van der Waals surface area contributed by atoms with Gasteiger partial charge < -0.3 is 15.2 Å². The SMILES string of the molecule is COC[C@@H](O)CNc1ccc([N+](=O)[O-])cc1. The Kier molecular flexibility index (Phi) is 4.68. The van der Waals surface area contributed by atoms with E-state index >= 15 is 0 Å². The van der Waals surface area contributed by atoms with Crippen LogP contribution in [0.3, 0.4) is 0 Å². The zero-order valence-corrected chi connectivity index (χ0v) is 8.92. The lowest BCUT2D eigenvalue weighted by atomic mass is 10.2. The molecule has 1 atom stereocenters. The first kappa shape index (κ1) is 12.4. The molecule has 0 bridgehead atoms. The molecular formula is C10H14N2O4. The molecule has 6 nitrogen and oxygen atoms in total. The number of ether oxygens (including phenoxy) is 1. The van der Waals surface area contributed by atoms with Crippen molar-refractivity contribution in [3.63, 3.8) is 0 Å². The van der Waals surface area contributed by atoms with Crippen LogP contribution in [0.5, 0.6) is 0 Å². The first-order valence-electron chi connectivity index (χ1n) is 4.79. The van der Waals surface area contributed by atoms with Crippen LogP contribution in [-0.4, -0.2) is 36.4 Å². The quantitative estimate of drug-likeness (QED) is 0.558. The van der Waals surface area contributed by atoms with Gasteiger partial charge in [-0.2, -0.15) is 0 Å². The second-order valence-electron chi connectivity index (χ2n) is 3.29. The smallest absolute Gasteiger partial charge is 0.269 e. The van der Waals surface area contributed by atoms with Gasteiger partial charge in [0.05, 0.1) is 17.6 Å². The molecule has 6 heteroatoms. The zero-order chi connectivity index (χ0) is 12.0. The molecule has 1 aromatic rings. The summed E-state index contributed by atoms with van der Waals surface area (Å²) in [6.07, 6.45) is -0.597. The normalized spacial score (nSPS) is 12.1. The van der Waals surface area contributed by atoms with E-state index in [4.69, 9.17) is 4.74 Å². The van der Waals surface area contributed by atoms with Crippen LogP contribution in [0.4, 0.5) is 11.4 Å². The van der Waals surface area contributed by atoms with Crippen LogP contribution in [0.2, 0.25) is 0 Å². The number of non-ortho nitro benzene ring substituents is 1. The maximum atomic E-state index is 10.4. The van der Waals surface area contributed by atoms with Gasteiger partial charge in [0.25, 0.3) is 5.69 Å². The van der Waals surface area contributed by atoms with E-state index in [0.29, 0.717) is 6.54 Å². The molecule has 0 saturated heterocycles. The van der Waals surface area contributed by atoms with Crippen molar-refractivity contribution >= 4 is 11.4 Å². The van der Waals surface area contributed by atoms with Gasteiger partial charge in [-0.05, 0) is 12.1 Å². The molecule has 0 unspecified atom stereocenters. The van der Waals surface area contributed by atoms with E-state index in [1.165, 1.54) is 19.2 Å². The second-order valence-corrected chi connectivity index (χ2v) is 3.29. The number of nitro benzene ring substituents is 1. The Morgan fingerprint density at radius 3 is 2.62 bits per heavy atom. The molecule has 0 aliphatic heterocycles. The van der Waals surface area contributed by atoms with Gasteiger partial charge in [0.15, 0.2) is 0 Å². The van der Waals surface area contributed by atoms with Gasteiger partial charge in [-0.1, -0.05) is 0 Å². The van der Waals surface area contributed by atoms with Crippen LogP contribution in [-0.2, 0) is 4.74 Å². The maximum Gasteiger partial charge on any atom is 0.269 e. The Bertz CT molecular complexity index is 339. The van der Waals surface area contributed by atoms with Crippen molar-refractivity contribution in [1.82, 2.24) is 0 Å². The summed E-state index contributed by atoms with van der Waals surface area (Å²) in [5.74, 6) is 0. The summed E-state index contributed by atoms with van der Waals surface area (Å²) >= 11 is 0. The van der Waals surface area contributed by atoms with Crippen molar-refractivity contribution in [2.75, 3.05) is 25.6 Å². The number of aliphatic hydroxyl groups excluding tert-OH is 1. The topological polar surface area (TPSA) is 84.6 Å². The monoisotopic (exact) mass is 226 g/mol. The number of hydrogen-bond acceptors (Lipinski definition) is 5. The number of nitro groups is 1. The minimum atomic E-state index is -0.597. The summed E-state index contributed by atoms with van der Waals surface area (Å²) in [7, 11) is 1.51. The zero-order valence-electron chi connectivity index (χ0n) is 8.92. The fourth-order valence-corrected chi connectivity index (χ4v) is 1.19. The molecule has 16 heavy (non-hydrogen) atoms. The molecule has 0 aliphatic rings. The van der Waals surface area contributed by atoms with Gasteiger partial charge in [0.2, 0.25) is 0 Å². The molecule has 0 fully saturated rings. The van der Waals surface area contributed by atoms with Crippen LogP contribution >= 0.6 is 0 Å². The number of nitrogens with one attached hydrogen (secondary N) is 1. The molecular weight excluding hydrogens is 212 g/mol. The summed E-state index contributed by atoms with van der Waals surface area (Å²) in [5, 5.41) is 22.7. The molecule has 0 spiro atoms. The Balaban J connectivity index is 2.46. The van der Waals surface area contributed by atoms with Gasteiger partial charge in [-0.25, -0.2) is 0 Å². The van der Waals surface area contributed by atoms with Crippen molar-refractivity contribution in [3.05, 3.63) is 34.4 Å². The van der Waals surface area contributed by atoms with Crippen molar-refractivity contribution in [2.24, 2.45) is 0 Å². The highest BCUT2D eigenvalue weighted by Crippen LogP contribution is 2.15. The van der Waals surface area contributed by atoms with E-state index in [0.717, 1.165) is 5.69 Å². The first-order valence-corrected chi connectivity index (χ1v) is 4.79. The van der Waals surface area contributed by atoms with E-state index in [1.54, 1.807) is 12.1 Å². The Hall–Kier alpha value is -1.66. The lowest BCUT2D eigenvalue weighted by Crippen LogP contribution is -2.24. The van der Waals surface area contributed by atoms with Crippen LogP contribution < -0.4 is 5.32 Å². The van der Waals surface area contributed by atoms with Crippen molar-refractivity contribution < 1.29 is 14.8 Å². The van der Waals surface area contributed by atoms with Gasteiger partial charge >= 0.3 is 0 Å². The molecule has 0 heterocycles. The van der Waals surface area contributed by atoms with Gasteiger partial charge in [-0.15, -0.1) is 0 Å². The summed E-state index contributed by atoms with van der Waals surface area (Å²) in [4.78, 5) is 9.94. The third-order valence-corrected chi connectivity index (χ3v) is 1.98. The summed E-state index contributed by atoms with van der Waals surface area (Å²) in [5.41, 5.74) is 0.767. The number of rotatable bonds is 6. The van der Waals surface area contributed by atoms with E-state index in [1.807, 2.05) is 0 Å². The molecule has 2 N–H and O–H groups in total. The van der Waals surface area contributed by atoms with Gasteiger partial charge in [0, 0.05) is 31.5 Å². The highest BCUT2D eigenvalue weighted by Gasteiger charge is 2.05. The molecule has 0 radical (unpaired) electrons. The number of anilines is 1. The summed E-state index contributed by atoms with van der Waals surface area (Å²) in [6.45, 7) is 0.589. The Labute approximate surface area is 93.0 Å². The van der Waals surface area contributed by atoms with E-state index < -0.39 is 11.0 Å². The molecule has 1 aromatic carbocycles. The van der Waals surface area contributed by atoms with Crippen LogP contribution in [0.1, 0.15) is 0 Å². The van der Waals surface area contributed by atoms with Gasteiger partial charge in [0.1, 0.15) is 0 Å². The Morgan fingerprint density at radius 2 is 2.12 bits per heavy atom. The predicted octanol–water partition coefficient (Wildman–Crippen LogP) is 1.01. The summed E-state index contributed by atoms with van der Waals surface area (Å²) < 4.78 is 4.76. The molecule has 88 valence electrons. The van der Waals surface area contributed by atoms with E-state index in [9.17, 15) is 15.2 Å². The van der Waals surface area contributed by atoms with Gasteiger partial charge in [-0.3, -0.25) is 10.1 Å². The molecule has 0 aromatic heterocycles. The second kappa shape index (κ2) is 6.04. The highest BCUT2D eigenvalue weighted by molar-refractivity contribution is 5.48. The average molecular weight is 226 g/mol. The molecule has 0 amide bonds. The number of methoxy groups -OCH3 is 1. The molecule has 0 aliphatic carbocycles. The summed E-state index contributed by atoms with van der Waals surface area (Å²) in [6, 6.07) is 6.01. The molecule has 0 saturated carbocycles. The standard InChI is InChI=1S/C10H14N2O4/c1-16-7-10(13)6-11-8-2-4-9(5-3-8)12(14)15/h2-5,10-11,13H,6-7H2,1H3/t10-/m0/s1. The van der Waals surface area contributed by atoms with Crippen LogP contribution in [0.15, 0.2) is 24.3 Å². The fourth-order valence-electron chi connectivity index (χ4n) is 1.19. The van der Waals surface area contributed by atoms with Crippen LogP contribution in [0.25, 0.3) is 0 Å². The lowest BCUT2D eigenvalue weighted by Gasteiger charge is -2.11. The number of benzene rings is 1. The van der Waals surface area contributed by atoms with E-state index in [2.05, 4.69) is 5.32 Å². The molecule has 1 rings (SSSR count). The average Bonchev–Trinajstić information content (AvgIpc) is 2.27. The first-order chi connectivity index (χ1) is 7.63. The maximum absolute atomic E-state index is 10.4. The minimum Gasteiger partial charge on any atom is -0.389 e. The highest BCUT2D eigenvalue weighted by atomic mass is 16.6.